The summed E-state index contributed by atoms with van der Waals surface area (Å²) < 4.78 is 0. The summed E-state index contributed by atoms with van der Waals surface area (Å²) in [6.07, 6.45) is 3.65. The Morgan fingerprint density at radius 3 is 3.05 bits per heavy atom. The molecule has 2 rings (SSSR count). The molecule has 9 heteroatoms. The third kappa shape index (κ3) is 3.60. The Balaban J connectivity index is 2.07. The van der Waals surface area contributed by atoms with Gasteiger partial charge in [0.1, 0.15) is 6.20 Å². The van der Waals surface area contributed by atoms with Gasteiger partial charge in [-0.2, -0.15) is 4.98 Å². The number of nitrogens with two attached hydrogens (primary N) is 1. The summed E-state index contributed by atoms with van der Waals surface area (Å²) in [7, 11) is 0. The second-order valence-corrected chi connectivity index (χ2v) is 5.27. The van der Waals surface area contributed by atoms with Crippen LogP contribution >= 0.6 is 0 Å². The lowest BCUT2D eigenvalue weighted by molar-refractivity contribution is -0.384. The highest BCUT2D eigenvalue weighted by molar-refractivity contribution is 5.79. The zero-order valence-corrected chi connectivity index (χ0v) is 12.5. The number of piperidine rings is 1. The molecule has 1 aliphatic rings. The highest BCUT2D eigenvalue weighted by atomic mass is 16.6. The van der Waals surface area contributed by atoms with E-state index in [4.69, 9.17) is 5.73 Å². The molecule has 1 aromatic rings. The van der Waals surface area contributed by atoms with Gasteiger partial charge in [0.15, 0.2) is 0 Å². The van der Waals surface area contributed by atoms with Crippen LogP contribution in [-0.4, -0.2) is 40.4 Å². The van der Waals surface area contributed by atoms with E-state index < -0.39 is 4.92 Å². The number of amides is 1. The predicted molar refractivity (Wildman–Crippen MR) is 81.3 cm³/mol. The first-order valence-electron chi connectivity index (χ1n) is 7.32. The van der Waals surface area contributed by atoms with Crippen LogP contribution in [0.2, 0.25) is 0 Å². The SMILES string of the molecule is CCCNC(=O)C1CCCN(c2ncc([N+](=O)[O-])c(N)n2)C1. The molecule has 1 aromatic heterocycles. The lowest BCUT2D eigenvalue weighted by Crippen LogP contribution is -2.43. The molecule has 3 N–H and O–H groups in total. The first-order valence-corrected chi connectivity index (χ1v) is 7.32. The maximum Gasteiger partial charge on any atom is 0.329 e. The quantitative estimate of drug-likeness (QED) is 0.605. The molecular weight excluding hydrogens is 288 g/mol. The van der Waals surface area contributed by atoms with E-state index in [2.05, 4.69) is 15.3 Å². The number of carbonyl (C=O) groups is 1. The van der Waals surface area contributed by atoms with Crippen molar-refractivity contribution in [2.24, 2.45) is 5.92 Å². The molecule has 0 aliphatic carbocycles. The van der Waals surface area contributed by atoms with Crippen molar-refractivity contribution in [3.8, 4) is 0 Å². The monoisotopic (exact) mass is 308 g/mol. The van der Waals surface area contributed by atoms with Gasteiger partial charge in [0, 0.05) is 19.6 Å². The molecule has 0 bridgehead atoms. The van der Waals surface area contributed by atoms with Crippen LogP contribution < -0.4 is 16.0 Å². The van der Waals surface area contributed by atoms with E-state index in [9.17, 15) is 14.9 Å². The van der Waals surface area contributed by atoms with E-state index in [1.807, 2.05) is 11.8 Å². The van der Waals surface area contributed by atoms with Crippen molar-refractivity contribution in [1.29, 1.82) is 0 Å². The van der Waals surface area contributed by atoms with Crippen molar-refractivity contribution in [2.45, 2.75) is 26.2 Å². The van der Waals surface area contributed by atoms with E-state index in [-0.39, 0.29) is 23.3 Å². The van der Waals surface area contributed by atoms with Gasteiger partial charge in [0.05, 0.1) is 10.8 Å². The second-order valence-electron chi connectivity index (χ2n) is 5.27. The van der Waals surface area contributed by atoms with Gasteiger partial charge in [0.25, 0.3) is 0 Å². The molecule has 0 aromatic carbocycles. The molecule has 0 radical (unpaired) electrons. The topological polar surface area (TPSA) is 127 Å². The Morgan fingerprint density at radius 2 is 2.41 bits per heavy atom. The second kappa shape index (κ2) is 7.01. The van der Waals surface area contributed by atoms with Crippen LogP contribution in [0.3, 0.4) is 0 Å². The van der Waals surface area contributed by atoms with Crippen LogP contribution in [0.1, 0.15) is 26.2 Å². The van der Waals surface area contributed by atoms with Crippen LogP contribution in [0, 0.1) is 16.0 Å². The molecule has 0 saturated carbocycles. The van der Waals surface area contributed by atoms with Crippen molar-refractivity contribution in [3.05, 3.63) is 16.3 Å². The summed E-state index contributed by atoms with van der Waals surface area (Å²) in [5.74, 6) is 0.0744. The molecule has 120 valence electrons. The summed E-state index contributed by atoms with van der Waals surface area (Å²) >= 11 is 0. The third-order valence-electron chi connectivity index (χ3n) is 3.61. The summed E-state index contributed by atoms with van der Waals surface area (Å²) in [4.78, 5) is 32.0. The van der Waals surface area contributed by atoms with Gasteiger partial charge in [-0.25, -0.2) is 4.98 Å². The molecular formula is C13H20N6O3. The maximum absolute atomic E-state index is 12.1. The Labute approximate surface area is 128 Å². The van der Waals surface area contributed by atoms with E-state index >= 15 is 0 Å². The minimum atomic E-state index is -0.615. The minimum absolute atomic E-state index is 0.0291. The standard InChI is InChI=1S/C13H20N6O3/c1-2-5-15-12(20)9-4-3-6-18(8-9)13-16-7-10(19(21)22)11(14)17-13/h7,9H,2-6,8H2,1H3,(H,15,20)(H2,14,16,17). The number of nitrogens with one attached hydrogen (secondary N) is 1. The van der Waals surface area contributed by atoms with Crippen LogP contribution in [0.5, 0.6) is 0 Å². The largest absolute Gasteiger partial charge is 0.378 e. The zero-order valence-electron chi connectivity index (χ0n) is 12.5. The van der Waals surface area contributed by atoms with Crippen molar-refractivity contribution in [2.75, 3.05) is 30.3 Å². The first-order chi connectivity index (χ1) is 10.5. The van der Waals surface area contributed by atoms with E-state index in [0.29, 0.717) is 25.6 Å². The highest BCUT2D eigenvalue weighted by Crippen LogP contribution is 2.24. The highest BCUT2D eigenvalue weighted by Gasteiger charge is 2.27. The lowest BCUT2D eigenvalue weighted by atomic mass is 9.97. The number of rotatable bonds is 5. The number of nitrogen functional groups attached to an aromatic ring is 1. The number of aromatic nitrogens is 2. The summed E-state index contributed by atoms with van der Waals surface area (Å²) in [6.45, 7) is 3.86. The summed E-state index contributed by atoms with van der Waals surface area (Å²) in [5.41, 5.74) is 5.28. The maximum atomic E-state index is 12.1. The van der Waals surface area contributed by atoms with Gasteiger partial charge in [-0.3, -0.25) is 14.9 Å². The van der Waals surface area contributed by atoms with Crippen LogP contribution in [0.15, 0.2) is 6.20 Å². The van der Waals surface area contributed by atoms with Crippen molar-refractivity contribution < 1.29 is 9.72 Å². The van der Waals surface area contributed by atoms with Crippen molar-refractivity contribution in [1.82, 2.24) is 15.3 Å². The fourth-order valence-corrected chi connectivity index (χ4v) is 2.44. The number of anilines is 2. The normalized spacial score (nSPS) is 18.0. The molecule has 9 nitrogen and oxygen atoms in total. The molecule has 0 spiro atoms. The molecule has 1 unspecified atom stereocenters. The molecule has 1 aliphatic heterocycles. The molecule has 2 heterocycles. The smallest absolute Gasteiger partial charge is 0.329 e. The molecule has 1 amide bonds. The van der Waals surface area contributed by atoms with E-state index in [1.54, 1.807) is 0 Å². The molecule has 1 fully saturated rings. The van der Waals surface area contributed by atoms with Crippen molar-refractivity contribution >= 4 is 23.4 Å². The van der Waals surface area contributed by atoms with Crippen molar-refractivity contribution in [3.63, 3.8) is 0 Å². The fourth-order valence-electron chi connectivity index (χ4n) is 2.44. The lowest BCUT2D eigenvalue weighted by Gasteiger charge is -2.31. The Hall–Kier alpha value is -2.45. The molecule has 1 atom stereocenters. The van der Waals surface area contributed by atoms with E-state index in [1.165, 1.54) is 0 Å². The average Bonchev–Trinajstić information content (AvgIpc) is 2.52. The van der Waals surface area contributed by atoms with Gasteiger partial charge in [-0.15, -0.1) is 0 Å². The Kier molecular flexibility index (Phi) is 5.08. The Morgan fingerprint density at radius 1 is 1.64 bits per heavy atom. The van der Waals surface area contributed by atoms with E-state index in [0.717, 1.165) is 25.5 Å². The molecule has 1 saturated heterocycles. The summed E-state index contributed by atoms with van der Waals surface area (Å²) in [5, 5.41) is 13.6. The predicted octanol–water partition coefficient (Wildman–Crippen LogP) is 0.710. The van der Waals surface area contributed by atoms with Gasteiger partial charge in [-0.1, -0.05) is 6.92 Å². The van der Waals surface area contributed by atoms with Gasteiger partial charge >= 0.3 is 5.69 Å². The number of nitrogens with zero attached hydrogens (tertiary/aromatic N) is 4. The number of carbonyl (C=O) groups excluding carboxylic acids is 1. The van der Waals surface area contributed by atoms with Gasteiger partial charge in [0.2, 0.25) is 17.7 Å². The average molecular weight is 308 g/mol. The number of hydrogen-bond acceptors (Lipinski definition) is 7. The Bertz CT molecular complexity index is 565. The van der Waals surface area contributed by atoms with Crippen LogP contribution in [0.25, 0.3) is 0 Å². The van der Waals surface area contributed by atoms with Crippen LogP contribution in [0.4, 0.5) is 17.5 Å². The van der Waals surface area contributed by atoms with Gasteiger partial charge < -0.3 is 16.0 Å². The minimum Gasteiger partial charge on any atom is -0.378 e. The zero-order chi connectivity index (χ0) is 16.1. The number of nitro groups is 1. The number of hydrogen-bond donors (Lipinski definition) is 2. The third-order valence-corrected chi connectivity index (χ3v) is 3.61. The molecule has 22 heavy (non-hydrogen) atoms. The van der Waals surface area contributed by atoms with Gasteiger partial charge in [-0.05, 0) is 19.3 Å². The first kappa shape index (κ1) is 15.9. The fraction of sp³-hybridized carbons (Fsp3) is 0.615. The summed E-state index contributed by atoms with van der Waals surface area (Å²) in [6, 6.07) is 0. The van der Waals surface area contributed by atoms with Crippen LogP contribution in [-0.2, 0) is 4.79 Å².